The number of morpholine rings is 1. The van der Waals surface area contributed by atoms with E-state index in [9.17, 15) is 0 Å². The standard InChI is InChI=1S/C16H26N2O3/c1-11(2)18-5-6-21-15(10-18)16(17)12-7-13(19-3)9-14(8-12)20-4/h7-9,11,15-16H,5-6,10,17H2,1-4H3. The van der Waals surface area contributed by atoms with Crippen LogP contribution in [0.5, 0.6) is 11.5 Å². The molecule has 5 heteroatoms. The van der Waals surface area contributed by atoms with Gasteiger partial charge in [-0.2, -0.15) is 0 Å². The average Bonchev–Trinajstić information content (AvgIpc) is 2.53. The van der Waals surface area contributed by atoms with Gasteiger partial charge in [-0.25, -0.2) is 0 Å². The van der Waals surface area contributed by atoms with Crippen molar-refractivity contribution in [3.63, 3.8) is 0 Å². The van der Waals surface area contributed by atoms with Crippen molar-refractivity contribution in [1.82, 2.24) is 4.90 Å². The van der Waals surface area contributed by atoms with E-state index in [4.69, 9.17) is 19.9 Å². The van der Waals surface area contributed by atoms with Crippen LogP contribution >= 0.6 is 0 Å². The smallest absolute Gasteiger partial charge is 0.122 e. The quantitative estimate of drug-likeness (QED) is 0.897. The molecule has 1 heterocycles. The zero-order valence-electron chi connectivity index (χ0n) is 13.3. The van der Waals surface area contributed by atoms with Gasteiger partial charge in [0.15, 0.2) is 0 Å². The molecule has 0 bridgehead atoms. The highest BCUT2D eigenvalue weighted by molar-refractivity contribution is 5.40. The van der Waals surface area contributed by atoms with Crippen molar-refractivity contribution < 1.29 is 14.2 Å². The van der Waals surface area contributed by atoms with Gasteiger partial charge in [0.05, 0.1) is 33.0 Å². The third kappa shape index (κ3) is 3.87. The van der Waals surface area contributed by atoms with Crippen LogP contribution in [0.15, 0.2) is 18.2 Å². The van der Waals surface area contributed by atoms with Crippen molar-refractivity contribution >= 4 is 0 Å². The van der Waals surface area contributed by atoms with E-state index in [1.165, 1.54) is 0 Å². The Morgan fingerprint density at radius 3 is 2.33 bits per heavy atom. The SMILES string of the molecule is COc1cc(OC)cc(C(N)C2CN(C(C)C)CCO2)c1. The first-order valence-electron chi connectivity index (χ1n) is 7.39. The summed E-state index contributed by atoms with van der Waals surface area (Å²) in [5, 5.41) is 0. The van der Waals surface area contributed by atoms with Crippen LogP contribution in [0.3, 0.4) is 0 Å². The van der Waals surface area contributed by atoms with Gasteiger partial charge in [0, 0.05) is 25.2 Å². The Kier molecular flexibility index (Phi) is 5.45. The molecule has 2 rings (SSSR count). The van der Waals surface area contributed by atoms with Gasteiger partial charge in [-0.05, 0) is 31.5 Å². The van der Waals surface area contributed by atoms with Crippen molar-refractivity contribution in [3.05, 3.63) is 23.8 Å². The molecular weight excluding hydrogens is 268 g/mol. The number of benzene rings is 1. The molecular formula is C16H26N2O3. The van der Waals surface area contributed by atoms with Gasteiger partial charge in [0.2, 0.25) is 0 Å². The molecule has 1 aliphatic heterocycles. The highest BCUT2D eigenvalue weighted by Crippen LogP contribution is 2.29. The minimum atomic E-state index is -0.199. The molecule has 0 amide bonds. The van der Waals surface area contributed by atoms with Crippen molar-refractivity contribution in [2.24, 2.45) is 5.73 Å². The Morgan fingerprint density at radius 2 is 1.81 bits per heavy atom. The predicted molar refractivity (Wildman–Crippen MR) is 82.9 cm³/mol. The van der Waals surface area contributed by atoms with Gasteiger partial charge < -0.3 is 19.9 Å². The molecule has 2 atom stereocenters. The summed E-state index contributed by atoms with van der Waals surface area (Å²) < 4.78 is 16.5. The molecule has 0 saturated carbocycles. The molecule has 5 nitrogen and oxygen atoms in total. The molecule has 1 aromatic carbocycles. The van der Waals surface area contributed by atoms with Crippen LogP contribution in [0.2, 0.25) is 0 Å². The Bertz CT molecular complexity index is 443. The van der Waals surface area contributed by atoms with E-state index in [-0.39, 0.29) is 12.1 Å². The number of ether oxygens (including phenoxy) is 3. The lowest BCUT2D eigenvalue weighted by molar-refractivity contribution is -0.0502. The first-order chi connectivity index (χ1) is 10.0. The summed E-state index contributed by atoms with van der Waals surface area (Å²) in [5.74, 6) is 1.49. The number of nitrogens with two attached hydrogens (primary N) is 1. The van der Waals surface area contributed by atoms with Crippen LogP contribution < -0.4 is 15.2 Å². The topological polar surface area (TPSA) is 57.0 Å². The zero-order chi connectivity index (χ0) is 15.4. The van der Waals surface area contributed by atoms with Crippen molar-refractivity contribution in [3.8, 4) is 11.5 Å². The van der Waals surface area contributed by atoms with Crippen LogP contribution in [-0.4, -0.2) is 51.0 Å². The van der Waals surface area contributed by atoms with E-state index in [1.54, 1.807) is 14.2 Å². The lowest BCUT2D eigenvalue weighted by Gasteiger charge is -2.38. The fourth-order valence-electron chi connectivity index (χ4n) is 2.62. The van der Waals surface area contributed by atoms with E-state index in [0.29, 0.717) is 6.04 Å². The van der Waals surface area contributed by atoms with Gasteiger partial charge in [0.1, 0.15) is 11.5 Å². The van der Waals surface area contributed by atoms with E-state index in [1.807, 2.05) is 18.2 Å². The molecule has 0 radical (unpaired) electrons. The van der Waals surface area contributed by atoms with Gasteiger partial charge in [-0.3, -0.25) is 4.90 Å². The molecule has 2 unspecified atom stereocenters. The number of hydrogen-bond acceptors (Lipinski definition) is 5. The largest absolute Gasteiger partial charge is 0.497 e. The summed E-state index contributed by atoms with van der Waals surface area (Å²) in [6.07, 6.45) is -0.0158. The predicted octanol–water partition coefficient (Wildman–Crippen LogP) is 1.81. The van der Waals surface area contributed by atoms with Crippen molar-refractivity contribution in [2.75, 3.05) is 33.9 Å². The maximum absolute atomic E-state index is 6.42. The molecule has 118 valence electrons. The number of rotatable bonds is 5. The van der Waals surface area contributed by atoms with Gasteiger partial charge in [-0.15, -0.1) is 0 Å². The van der Waals surface area contributed by atoms with E-state index in [0.717, 1.165) is 36.8 Å². The van der Waals surface area contributed by atoms with Crippen LogP contribution in [0.4, 0.5) is 0 Å². The fraction of sp³-hybridized carbons (Fsp3) is 0.625. The lowest BCUT2D eigenvalue weighted by Crippen LogP contribution is -2.49. The molecule has 21 heavy (non-hydrogen) atoms. The third-order valence-electron chi connectivity index (χ3n) is 4.01. The molecule has 1 aliphatic rings. The minimum Gasteiger partial charge on any atom is -0.497 e. The van der Waals surface area contributed by atoms with Gasteiger partial charge in [0.25, 0.3) is 0 Å². The Balaban J connectivity index is 2.16. The van der Waals surface area contributed by atoms with E-state index >= 15 is 0 Å². The monoisotopic (exact) mass is 294 g/mol. The highest BCUT2D eigenvalue weighted by Gasteiger charge is 2.28. The average molecular weight is 294 g/mol. The Labute approximate surface area is 127 Å². The second-order valence-electron chi connectivity index (χ2n) is 5.67. The first kappa shape index (κ1) is 16.1. The van der Waals surface area contributed by atoms with Crippen LogP contribution in [-0.2, 0) is 4.74 Å². The lowest BCUT2D eigenvalue weighted by atomic mass is 10.00. The molecule has 1 aromatic rings. The number of hydrogen-bond donors (Lipinski definition) is 1. The zero-order valence-corrected chi connectivity index (χ0v) is 13.3. The Morgan fingerprint density at radius 1 is 1.19 bits per heavy atom. The maximum atomic E-state index is 6.42. The molecule has 1 fully saturated rings. The summed E-state index contributed by atoms with van der Waals surface area (Å²) >= 11 is 0. The molecule has 2 N–H and O–H groups in total. The molecule has 0 aliphatic carbocycles. The number of methoxy groups -OCH3 is 2. The van der Waals surface area contributed by atoms with Crippen LogP contribution in [0.1, 0.15) is 25.5 Å². The van der Waals surface area contributed by atoms with E-state index < -0.39 is 0 Å². The van der Waals surface area contributed by atoms with Crippen LogP contribution in [0.25, 0.3) is 0 Å². The highest BCUT2D eigenvalue weighted by atomic mass is 16.5. The normalized spacial score (nSPS) is 21.3. The summed E-state index contributed by atoms with van der Waals surface area (Å²) in [6, 6.07) is 6.05. The van der Waals surface area contributed by atoms with Crippen molar-refractivity contribution in [1.29, 1.82) is 0 Å². The molecule has 0 aromatic heterocycles. The second kappa shape index (κ2) is 7.11. The van der Waals surface area contributed by atoms with Gasteiger partial charge >= 0.3 is 0 Å². The summed E-state index contributed by atoms with van der Waals surface area (Å²) in [6.45, 7) is 6.92. The summed E-state index contributed by atoms with van der Waals surface area (Å²) in [7, 11) is 3.28. The first-order valence-corrected chi connectivity index (χ1v) is 7.39. The fourth-order valence-corrected chi connectivity index (χ4v) is 2.62. The summed E-state index contributed by atoms with van der Waals surface area (Å²) in [4.78, 5) is 2.39. The maximum Gasteiger partial charge on any atom is 0.122 e. The van der Waals surface area contributed by atoms with E-state index in [2.05, 4.69) is 18.7 Å². The summed E-state index contributed by atoms with van der Waals surface area (Å²) in [5.41, 5.74) is 7.39. The third-order valence-corrected chi connectivity index (χ3v) is 4.01. The molecule has 1 saturated heterocycles. The minimum absolute atomic E-state index is 0.0158. The molecule has 0 spiro atoms. The Hall–Kier alpha value is -1.30. The van der Waals surface area contributed by atoms with Crippen molar-refractivity contribution in [2.45, 2.75) is 32.0 Å². The van der Waals surface area contributed by atoms with Crippen LogP contribution in [0, 0.1) is 0 Å². The van der Waals surface area contributed by atoms with Gasteiger partial charge in [-0.1, -0.05) is 0 Å². The second-order valence-corrected chi connectivity index (χ2v) is 5.67. The number of nitrogens with zero attached hydrogens (tertiary/aromatic N) is 1.